The Morgan fingerprint density at radius 2 is 1.86 bits per heavy atom. The lowest BCUT2D eigenvalue weighted by atomic mass is 9.87. The van der Waals surface area contributed by atoms with Gasteiger partial charge in [-0.3, -0.25) is 14.5 Å². The van der Waals surface area contributed by atoms with E-state index in [4.69, 9.17) is 14.2 Å². The van der Waals surface area contributed by atoms with Crippen molar-refractivity contribution >= 4 is 17.7 Å². The van der Waals surface area contributed by atoms with Crippen molar-refractivity contribution in [3.63, 3.8) is 0 Å². The molecule has 2 aliphatic heterocycles. The monoisotopic (exact) mass is 396 g/mol. The van der Waals surface area contributed by atoms with Crippen LogP contribution in [0.5, 0.6) is 17.2 Å². The lowest BCUT2D eigenvalue weighted by molar-refractivity contribution is -0.131. The number of ketones is 1. The van der Waals surface area contributed by atoms with E-state index in [-0.39, 0.29) is 19.1 Å². The average molecular weight is 396 g/mol. The standard InChI is InChI=1S/C21H20N2O6/c1-3-21(14-5-7-15(27-2)8-6-14)19(25)23(20(26)22-21)11-16(24)13-4-9-17-18(10-13)29-12-28-17/h4-10H,3,11-12H2,1-2H3,(H,22,26)/t21-/m0/s1. The Kier molecular flexibility index (Phi) is 4.62. The maximum atomic E-state index is 13.2. The molecule has 2 aromatic rings. The first kappa shape index (κ1) is 18.8. The molecule has 1 fully saturated rings. The summed E-state index contributed by atoms with van der Waals surface area (Å²) in [6, 6.07) is 11.1. The van der Waals surface area contributed by atoms with Crippen molar-refractivity contribution in [1.29, 1.82) is 0 Å². The number of benzene rings is 2. The van der Waals surface area contributed by atoms with Crippen LogP contribution in [0.1, 0.15) is 29.3 Å². The molecule has 3 amide bonds. The number of methoxy groups -OCH3 is 1. The number of rotatable bonds is 6. The maximum absolute atomic E-state index is 13.2. The molecular formula is C21H20N2O6. The summed E-state index contributed by atoms with van der Waals surface area (Å²) >= 11 is 0. The molecule has 0 saturated carbocycles. The number of carbonyl (C=O) groups is 3. The van der Waals surface area contributed by atoms with E-state index >= 15 is 0 Å². The number of Topliss-reactive ketones (excluding diaryl/α,β-unsaturated/α-hetero) is 1. The van der Waals surface area contributed by atoms with Gasteiger partial charge in [-0.1, -0.05) is 19.1 Å². The van der Waals surface area contributed by atoms with Crippen molar-refractivity contribution in [2.24, 2.45) is 0 Å². The fourth-order valence-corrected chi connectivity index (χ4v) is 3.59. The number of ether oxygens (including phenoxy) is 3. The van der Waals surface area contributed by atoms with Crippen LogP contribution >= 0.6 is 0 Å². The Bertz CT molecular complexity index is 987. The highest BCUT2D eigenvalue weighted by Gasteiger charge is 2.51. The molecule has 2 aliphatic rings. The van der Waals surface area contributed by atoms with Crippen LogP contribution in [0.2, 0.25) is 0 Å². The lowest BCUT2D eigenvalue weighted by Crippen LogP contribution is -2.43. The van der Waals surface area contributed by atoms with Crippen molar-refractivity contribution in [3.8, 4) is 17.2 Å². The summed E-state index contributed by atoms with van der Waals surface area (Å²) in [6.07, 6.45) is 0.346. The molecule has 1 saturated heterocycles. The van der Waals surface area contributed by atoms with Crippen molar-refractivity contribution in [3.05, 3.63) is 53.6 Å². The van der Waals surface area contributed by atoms with Gasteiger partial charge in [-0.2, -0.15) is 0 Å². The number of amides is 3. The fraction of sp³-hybridized carbons (Fsp3) is 0.286. The summed E-state index contributed by atoms with van der Waals surface area (Å²) in [5, 5.41) is 2.77. The van der Waals surface area contributed by atoms with Crippen LogP contribution in [0, 0.1) is 0 Å². The molecular weight excluding hydrogens is 376 g/mol. The first-order valence-corrected chi connectivity index (χ1v) is 9.20. The van der Waals surface area contributed by atoms with E-state index in [2.05, 4.69) is 5.32 Å². The Morgan fingerprint density at radius 3 is 2.55 bits per heavy atom. The second-order valence-electron chi connectivity index (χ2n) is 6.80. The molecule has 0 aromatic heterocycles. The third-order valence-electron chi connectivity index (χ3n) is 5.29. The smallest absolute Gasteiger partial charge is 0.325 e. The zero-order chi connectivity index (χ0) is 20.6. The largest absolute Gasteiger partial charge is 0.497 e. The molecule has 0 bridgehead atoms. The number of hydrogen-bond acceptors (Lipinski definition) is 6. The molecule has 1 N–H and O–H groups in total. The van der Waals surface area contributed by atoms with Gasteiger partial charge >= 0.3 is 6.03 Å². The second kappa shape index (κ2) is 7.12. The van der Waals surface area contributed by atoms with E-state index in [1.807, 2.05) is 6.92 Å². The van der Waals surface area contributed by atoms with Crippen molar-refractivity contribution in [2.45, 2.75) is 18.9 Å². The Hall–Kier alpha value is -3.55. The molecule has 2 heterocycles. The van der Waals surface area contributed by atoms with Crippen LogP contribution in [-0.2, 0) is 10.3 Å². The van der Waals surface area contributed by atoms with Crippen LogP contribution in [-0.4, -0.2) is 43.1 Å². The first-order valence-electron chi connectivity index (χ1n) is 9.20. The quantitative estimate of drug-likeness (QED) is 0.596. The van der Waals surface area contributed by atoms with Gasteiger partial charge in [-0.05, 0) is 42.3 Å². The molecule has 2 aromatic carbocycles. The van der Waals surface area contributed by atoms with E-state index in [0.29, 0.717) is 34.8 Å². The van der Waals surface area contributed by atoms with Gasteiger partial charge in [-0.25, -0.2) is 4.79 Å². The van der Waals surface area contributed by atoms with Crippen LogP contribution < -0.4 is 19.5 Å². The Morgan fingerprint density at radius 1 is 1.14 bits per heavy atom. The molecule has 0 radical (unpaired) electrons. The number of fused-ring (bicyclic) bond motifs is 1. The SMILES string of the molecule is CC[C@@]1(c2ccc(OC)cc2)NC(=O)N(CC(=O)c2ccc3c(c2)OCO3)C1=O. The number of urea groups is 1. The summed E-state index contributed by atoms with van der Waals surface area (Å²) in [4.78, 5) is 39.5. The first-order chi connectivity index (χ1) is 14.0. The van der Waals surface area contributed by atoms with Gasteiger partial charge in [0, 0.05) is 5.56 Å². The molecule has 150 valence electrons. The van der Waals surface area contributed by atoms with Crippen LogP contribution in [0.15, 0.2) is 42.5 Å². The van der Waals surface area contributed by atoms with Crippen molar-refractivity contribution in [1.82, 2.24) is 10.2 Å². The Labute approximate surface area is 167 Å². The molecule has 8 heteroatoms. The van der Waals surface area contributed by atoms with Crippen molar-refractivity contribution in [2.75, 3.05) is 20.4 Å². The maximum Gasteiger partial charge on any atom is 0.325 e. The summed E-state index contributed by atoms with van der Waals surface area (Å²) in [6.45, 7) is 1.55. The third kappa shape index (κ3) is 3.06. The van der Waals surface area contributed by atoms with Crippen LogP contribution in [0.4, 0.5) is 4.79 Å². The number of hydrogen-bond donors (Lipinski definition) is 1. The summed E-state index contributed by atoms with van der Waals surface area (Å²) in [5.74, 6) is 0.847. The average Bonchev–Trinajstić information content (AvgIpc) is 3.31. The highest BCUT2D eigenvalue weighted by molar-refractivity contribution is 6.11. The predicted octanol–water partition coefficient (Wildman–Crippen LogP) is 2.46. The zero-order valence-corrected chi connectivity index (χ0v) is 16.1. The molecule has 4 rings (SSSR count). The highest BCUT2D eigenvalue weighted by atomic mass is 16.7. The molecule has 0 unspecified atom stereocenters. The van der Waals surface area contributed by atoms with Gasteiger partial charge in [0.05, 0.1) is 13.7 Å². The Balaban J connectivity index is 1.57. The van der Waals surface area contributed by atoms with Gasteiger partial charge in [0.2, 0.25) is 6.79 Å². The van der Waals surface area contributed by atoms with Gasteiger partial charge in [0.25, 0.3) is 5.91 Å². The minimum absolute atomic E-state index is 0.0981. The van der Waals surface area contributed by atoms with Crippen molar-refractivity contribution < 1.29 is 28.6 Å². The number of nitrogens with zero attached hydrogens (tertiary/aromatic N) is 1. The number of nitrogens with one attached hydrogen (secondary N) is 1. The lowest BCUT2D eigenvalue weighted by Gasteiger charge is -2.26. The molecule has 1 atom stereocenters. The van der Waals surface area contributed by atoms with E-state index in [1.54, 1.807) is 49.6 Å². The minimum Gasteiger partial charge on any atom is -0.497 e. The summed E-state index contributed by atoms with van der Waals surface area (Å²) in [5.41, 5.74) is -0.233. The predicted molar refractivity (Wildman–Crippen MR) is 102 cm³/mol. The van der Waals surface area contributed by atoms with Gasteiger partial charge in [0.15, 0.2) is 17.3 Å². The molecule has 0 aliphatic carbocycles. The fourth-order valence-electron chi connectivity index (χ4n) is 3.59. The van der Waals surface area contributed by atoms with E-state index < -0.39 is 17.5 Å². The third-order valence-corrected chi connectivity index (χ3v) is 5.29. The van der Waals surface area contributed by atoms with Gasteiger partial charge < -0.3 is 19.5 Å². The second-order valence-corrected chi connectivity index (χ2v) is 6.80. The van der Waals surface area contributed by atoms with Crippen LogP contribution in [0.25, 0.3) is 0 Å². The van der Waals surface area contributed by atoms with Gasteiger partial charge in [0.1, 0.15) is 11.3 Å². The normalized spacial score (nSPS) is 20.0. The molecule has 0 spiro atoms. The number of imide groups is 1. The zero-order valence-electron chi connectivity index (χ0n) is 16.1. The van der Waals surface area contributed by atoms with Crippen LogP contribution in [0.3, 0.4) is 0 Å². The molecule has 8 nitrogen and oxygen atoms in total. The van der Waals surface area contributed by atoms with E-state index in [9.17, 15) is 14.4 Å². The minimum atomic E-state index is -1.21. The van der Waals surface area contributed by atoms with Gasteiger partial charge in [-0.15, -0.1) is 0 Å². The number of carbonyl (C=O) groups excluding carboxylic acids is 3. The van der Waals surface area contributed by atoms with E-state index in [0.717, 1.165) is 4.90 Å². The summed E-state index contributed by atoms with van der Waals surface area (Å²) < 4.78 is 15.7. The molecule has 29 heavy (non-hydrogen) atoms. The highest BCUT2D eigenvalue weighted by Crippen LogP contribution is 2.35. The summed E-state index contributed by atoms with van der Waals surface area (Å²) in [7, 11) is 1.55. The topological polar surface area (TPSA) is 94.2 Å². The van der Waals surface area contributed by atoms with E-state index in [1.165, 1.54) is 0 Å².